The number of rotatable bonds is 4. The van der Waals surface area contributed by atoms with E-state index in [9.17, 15) is 0 Å². The van der Waals surface area contributed by atoms with Crippen molar-refractivity contribution in [1.29, 1.82) is 0 Å². The highest BCUT2D eigenvalue weighted by Crippen LogP contribution is 2.24. The second-order valence-electron chi connectivity index (χ2n) is 6.93. The molecule has 4 aromatic rings. The van der Waals surface area contributed by atoms with Crippen LogP contribution in [0.4, 0.5) is 5.69 Å². The fourth-order valence-corrected chi connectivity index (χ4v) is 4.08. The molecule has 4 heteroatoms. The third-order valence-electron chi connectivity index (χ3n) is 4.66. The summed E-state index contributed by atoms with van der Waals surface area (Å²) in [5, 5.41) is 2.92. The summed E-state index contributed by atoms with van der Waals surface area (Å²) >= 11 is 7.75. The van der Waals surface area contributed by atoms with Crippen LogP contribution in [-0.2, 0) is 6.54 Å². The number of hydrogen-bond donors (Lipinski definition) is 0. The molecule has 0 N–H and O–H groups in total. The summed E-state index contributed by atoms with van der Waals surface area (Å²) in [6.45, 7) is 4.97. The van der Waals surface area contributed by atoms with Gasteiger partial charge in [0.25, 0.3) is 0 Å². The Morgan fingerprint density at radius 2 is 1.43 bits per heavy atom. The molecule has 0 unspecified atom stereocenters. The summed E-state index contributed by atoms with van der Waals surface area (Å²) in [4.78, 5) is 5.90. The smallest absolute Gasteiger partial charge is 0.190 e. The minimum absolute atomic E-state index is 0.744. The topological polar surface area (TPSA) is 17.3 Å². The molecule has 0 spiro atoms. The summed E-state index contributed by atoms with van der Waals surface area (Å²) < 4.78 is 2.28. The number of nitrogens with zero attached hydrogens (tertiary/aromatic N) is 2. The molecule has 0 aliphatic carbocycles. The van der Waals surface area contributed by atoms with Gasteiger partial charge in [-0.05, 0) is 49.2 Å². The Bertz CT molecular complexity index is 1140. The van der Waals surface area contributed by atoms with Crippen molar-refractivity contribution in [2.75, 3.05) is 0 Å². The van der Waals surface area contributed by atoms with Crippen molar-refractivity contribution in [2.45, 2.75) is 20.4 Å². The van der Waals surface area contributed by atoms with E-state index in [1.807, 2.05) is 12.1 Å². The van der Waals surface area contributed by atoms with E-state index in [2.05, 4.69) is 84.5 Å². The van der Waals surface area contributed by atoms with Gasteiger partial charge in [0.05, 0.1) is 17.9 Å². The van der Waals surface area contributed by atoms with Crippen LogP contribution < -0.4 is 4.80 Å². The van der Waals surface area contributed by atoms with Crippen LogP contribution in [0.1, 0.15) is 16.7 Å². The molecule has 1 heterocycles. The van der Waals surface area contributed by atoms with Gasteiger partial charge in [-0.1, -0.05) is 71.3 Å². The van der Waals surface area contributed by atoms with Crippen molar-refractivity contribution < 1.29 is 0 Å². The van der Waals surface area contributed by atoms with Crippen LogP contribution >= 0.6 is 22.9 Å². The van der Waals surface area contributed by atoms with Crippen molar-refractivity contribution in [1.82, 2.24) is 4.57 Å². The molecule has 0 amide bonds. The van der Waals surface area contributed by atoms with Gasteiger partial charge in [0.15, 0.2) is 4.80 Å². The molecule has 0 aliphatic heterocycles. The minimum Gasteiger partial charge on any atom is -0.312 e. The van der Waals surface area contributed by atoms with Gasteiger partial charge >= 0.3 is 0 Å². The van der Waals surface area contributed by atoms with Crippen LogP contribution in [0.3, 0.4) is 0 Å². The number of halogens is 1. The molecule has 0 bridgehead atoms. The lowest BCUT2D eigenvalue weighted by Gasteiger charge is -2.10. The molecule has 4 rings (SSSR count). The first-order chi connectivity index (χ1) is 13.6. The van der Waals surface area contributed by atoms with Crippen molar-refractivity contribution >= 4 is 28.6 Å². The summed E-state index contributed by atoms with van der Waals surface area (Å²) in [6.07, 6.45) is 0. The monoisotopic (exact) mass is 404 g/mol. The largest absolute Gasteiger partial charge is 0.312 e. The van der Waals surface area contributed by atoms with Crippen molar-refractivity contribution in [3.63, 3.8) is 0 Å². The zero-order valence-electron chi connectivity index (χ0n) is 15.9. The quantitative estimate of drug-likeness (QED) is 0.357. The Morgan fingerprint density at radius 1 is 0.821 bits per heavy atom. The fraction of sp³-hybridized carbons (Fsp3) is 0.125. The maximum atomic E-state index is 6.09. The first kappa shape index (κ1) is 18.7. The van der Waals surface area contributed by atoms with E-state index in [1.165, 1.54) is 16.7 Å². The molecule has 0 saturated heterocycles. The Balaban J connectivity index is 1.82. The third-order valence-corrected chi connectivity index (χ3v) is 5.77. The van der Waals surface area contributed by atoms with Crippen LogP contribution in [0, 0.1) is 13.8 Å². The average Bonchev–Trinajstić information content (AvgIpc) is 3.08. The molecule has 140 valence electrons. The van der Waals surface area contributed by atoms with Crippen molar-refractivity contribution in [3.05, 3.63) is 105 Å². The molecule has 2 nitrogen and oxygen atoms in total. The van der Waals surface area contributed by atoms with Crippen LogP contribution in [-0.4, -0.2) is 4.57 Å². The summed E-state index contributed by atoms with van der Waals surface area (Å²) in [5.74, 6) is 0. The SMILES string of the molecule is Cc1ccc(Cn2c(-c3ccc(Cl)cc3)csc2=Nc2ccc(C)cc2)cc1. The predicted octanol–water partition coefficient (Wildman–Crippen LogP) is 6.77. The molecule has 0 radical (unpaired) electrons. The van der Waals surface area contributed by atoms with E-state index in [0.29, 0.717) is 0 Å². The van der Waals surface area contributed by atoms with Gasteiger partial charge in [0.1, 0.15) is 0 Å². The van der Waals surface area contributed by atoms with Gasteiger partial charge in [0, 0.05) is 10.4 Å². The van der Waals surface area contributed by atoms with Crippen molar-refractivity contribution in [3.8, 4) is 11.3 Å². The highest BCUT2D eigenvalue weighted by molar-refractivity contribution is 7.07. The molecule has 0 fully saturated rings. The Labute approximate surface area is 174 Å². The number of aromatic nitrogens is 1. The van der Waals surface area contributed by atoms with Crippen LogP contribution in [0.15, 0.2) is 83.2 Å². The molecule has 3 aromatic carbocycles. The van der Waals surface area contributed by atoms with Gasteiger partial charge in [0.2, 0.25) is 0 Å². The third kappa shape index (κ3) is 4.27. The van der Waals surface area contributed by atoms with E-state index in [1.54, 1.807) is 11.3 Å². The standard InChI is InChI=1S/C24H21ClN2S/c1-17-3-7-19(8-4-17)15-27-23(20-9-11-21(25)12-10-20)16-28-24(27)26-22-13-5-18(2)6-14-22/h3-14,16H,15H2,1-2H3. The van der Waals surface area contributed by atoms with Crippen LogP contribution in [0.5, 0.6) is 0 Å². The van der Waals surface area contributed by atoms with Gasteiger partial charge in [-0.3, -0.25) is 0 Å². The Hall–Kier alpha value is -2.62. The number of aryl methyl sites for hydroxylation is 2. The fourth-order valence-electron chi connectivity index (χ4n) is 3.03. The van der Waals surface area contributed by atoms with Gasteiger partial charge in [-0.25, -0.2) is 4.99 Å². The summed E-state index contributed by atoms with van der Waals surface area (Å²) in [7, 11) is 0. The maximum Gasteiger partial charge on any atom is 0.190 e. The van der Waals surface area contributed by atoms with E-state index < -0.39 is 0 Å². The molecule has 1 aromatic heterocycles. The number of thiazole rings is 1. The highest BCUT2D eigenvalue weighted by atomic mass is 35.5. The summed E-state index contributed by atoms with van der Waals surface area (Å²) in [5.41, 5.74) is 7.00. The minimum atomic E-state index is 0.744. The normalized spacial score (nSPS) is 11.8. The molecular weight excluding hydrogens is 384 g/mol. The second-order valence-corrected chi connectivity index (χ2v) is 8.20. The summed E-state index contributed by atoms with van der Waals surface area (Å²) in [6, 6.07) is 25.0. The van der Waals surface area contributed by atoms with E-state index in [0.717, 1.165) is 33.3 Å². The van der Waals surface area contributed by atoms with E-state index in [4.69, 9.17) is 16.6 Å². The lowest BCUT2D eigenvalue weighted by atomic mass is 10.1. The molecular formula is C24H21ClN2S. The molecule has 0 aliphatic rings. The second kappa shape index (κ2) is 8.17. The number of benzene rings is 3. The predicted molar refractivity (Wildman–Crippen MR) is 119 cm³/mol. The van der Waals surface area contributed by atoms with Gasteiger partial charge < -0.3 is 4.57 Å². The average molecular weight is 405 g/mol. The van der Waals surface area contributed by atoms with Gasteiger partial charge in [-0.15, -0.1) is 11.3 Å². The van der Waals surface area contributed by atoms with E-state index >= 15 is 0 Å². The zero-order chi connectivity index (χ0) is 19.5. The Morgan fingerprint density at radius 3 is 2.07 bits per heavy atom. The van der Waals surface area contributed by atoms with Gasteiger partial charge in [-0.2, -0.15) is 0 Å². The van der Waals surface area contributed by atoms with Crippen molar-refractivity contribution in [2.24, 2.45) is 4.99 Å². The lowest BCUT2D eigenvalue weighted by Crippen LogP contribution is -2.16. The Kier molecular flexibility index (Phi) is 5.47. The maximum absolute atomic E-state index is 6.09. The molecule has 0 saturated carbocycles. The van der Waals surface area contributed by atoms with E-state index in [-0.39, 0.29) is 0 Å². The highest BCUT2D eigenvalue weighted by Gasteiger charge is 2.09. The first-order valence-corrected chi connectivity index (χ1v) is 10.5. The van der Waals surface area contributed by atoms with Crippen LogP contribution in [0.2, 0.25) is 5.02 Å². The first-order valence-electron chi connectivity index (χ1n) is 9.20. The lowest BCUT2D eigenvalue weighted by molar-refractivity contribution is 0.778. The molecule has 0 atom stereocenters. The van der Waals surface area contributed by atoms with Crippen LogP contribution in [0.25, 0.3) is 11.3 Å². The zero-order valence-corrected chi connectivity index (χ0v) is 17.5. The number of hydrogen-bond acceptors (Lipinski definition) is 2. The molecule has 28 heavy (non-hydrogen) atoms.